The third-order valence-corrected chi connectivity index (χ3v) is 11.1. The Kier molecular flexibility index (Phi) is 36.9. The van der Waals surface area contributed by atoms with Crippen molar-refractivity contribution in [3.8, 4) is 0 Å². The van der Waals surface area contributed by atoms with Crippen LogP contribution in [0.25, 0.3) is 0 Å². The molecule has 0 saturated heterocycles. The first kappa shape index (κ1) is 50.9. The van der Waals surface area contributed by atoms with E-state index in [9.17, 15) is 14.7 Å². The van der Waals surface area contributed by atoms with Gasteiger partial charge in [0.2, 0.25) is 0 Å². The first-order valence-electron chi connectivity index (χ1n) is 20.7. The topological polar surface area (TPSA) is 108 Å². The number of esters is 2. The monoisotopic (exact) mass is 772 g/mol. The van der Waals surface area contributed by atoms with Crippen molar-refractivity contribution in [2.75, 3.05) is 13.2 Å². The lowest BCUT2D eigenvalue weighted by molar-refractivity contribution is -0.175. The van der Waals surface area contributed by atoms with Gasteiger partial charge in [-0.2, -0.15) is 0 Å². The largest absolute Gasteiger partial charge is 0.461 e. The summed E-state index contributed by atoms with van der Waals surface area (Å²) in [7, 11) is 0. The molecule has 0 bridgehead atoms. The zero-order chi connectivity index (χ0) is 36.3. The van der Waals surface area contributed by atoms with Crippen LogP contribution < -0.4 is 6.15 Å². The minimum atomic E-state index is -1.08. The normalized spacial score (nSPS) is 14.0. The lowest BCUT2D eigenvalue weighted by Gasteiger charge is -2.41. The number of halogens is 1. The van der Waals surface area contributed by atoms with Gasteiger partial charge >= 0.3 is 11.9 Å². The Morgan fingerprint density at radius 2 is 0.900 bits per heavy atom. The van der Waals surface area contributed by atoms with E-state index < -0.39 is 9.93 Å². The number of carbonyl (C=O) groups excluding carboxylic acids is 2. The predicted octanol–water partition coefficient (Wildman–Crippen LogP) is 13.6. The number of ether oxygens (including phenoxy) is 2. The van der Waals surface area contributed by atoms with Gasteiger partial charge < -0.3 is 20.7 Å². The van der Waals surface area contributed by atoms with E-state index in [-0.39, 0.29) is 31.3 Å². The van der Waals surface area contributed by atoms with Crippen molar-refractivity contribution in [1.29, 1.82) is 0 Å². The number of aliphatic hydroxyl groups excluding tert-OH is 1. The van der Waals surface area contributed by atoms with Crippen LogP contribution in [0, 0.1) is 0 Å². The Labute approximate surface area is 318 Å². The average molecular weight is 773 g/mol. The van der Waals surface area contributed by atoms with Crippen LogP contribution in [-0.4, -0.2) is 40.2 Å². The molecule has 0 amide bonds. The highest BCUT2D eigenvalue weighted by Gasteiger charge is 2.47. The van der Waals surface area contributed by atoms with Crippen molar-refractivity contribution in [2.45, 2.75) is 224 Å². The smallest absolute Gasteiger partial charge is 0.306 e. The summed E-state index contributed by atoms with van der Waals surface area (Å²) in [5.74, 6) is -0.540. The van der Waals surface area contributed by atoms with Gasteiger partial charge in [-0.05, 0) is 84.5 Å². The Morgan fingerprint density at radius 3 is 1.28 bits per heavy atom. The SMILES string of the molecule is CCCCCCCC/C=C\CCCCCCCC(=O)OCC(C)(OC(=O)CCCCCCC/C=C\CCCCCCCC)C(C)(Br)CCO.N. The second-order valence-corrected chi connectivity index (χ2v) is 16.5. The fraction of sp³-hybridized carbons (Fsp3) is 0.860. The molecule has 0 saturated carbocycles. The van der Waals surface area contributed by atoms with Gasteiger partial charge in [-0.15, -0.1) is 0 Å². The molecule has 0 aliphatic rings. The standard InChI is InChI=1S/C43H79BrO5.H3N/c1-5-7-9-11-13-15-17-19-21-23-25-27-29-31-33-35-40(46)48-39-43(4,42(3,44)37-38-45)49-41(47)36-34-32-30-28-26-24-22-20-18-16-14-12-10-8-6-2;/h19-22,45H,5-18,23-39H2,1-4H3;1H3/b21-19-,22-20-;. The Hall–Kier alpha value is -1.18. The van der Waals surface area contributed by atoms with Crippen molar-refractivity contribution in [3.05, 3.63) is 24.3 Å². The number of carbonyl (C=O) groups is 2. The molecule has 2 unspecified atom stereocenters. The molecule has 0 heterocycles. The maximum Gasteiger partial charge on any atom is 0.306 e. The van der Waals surface area contributed by atoms with Crippen LogP contribution in [0.5, 0.6) is 0 Å². The van der Waals surface area contributed by atoms with Crippen LogP contribution in [0.1, 0.15) is 214 Å². The lowest BCUT2D eigenvalue weighted by Crippen LogP contribution is -2.53. The van der Waals surface area contributed by atoms with Crippen molar-refractivity contribution < 1.29 is 24.2 Å². The Bertz CT molecular complexity index is 830. The summed E-state index contributed by atoms with van der Waals surface area (Å²) in [4.78, 5) is 25.4. The van der Waals surface area contributed by atoms with E-state index >= 15 is 0 Å². The highest BCUT2D eigenvalue weighted by molar-refractivity contribution is 9.10. The van der Waals surface area contributed by atoms with Gasteiger partial charge in [0.05, 0.1) is 4.32 Å². The summed E-state index contributed by atoms with van der Waals surface area (Å²) in [5.41, 5.74) is -1.08. The van der Waals surface area contributed by atoms with E-state index in [2.05, 4.69) is 54.1 Å². The van der Waals surface area contributed by atoms with Crippen LogP contribution in [0.4, 0.5) is 0 Å². The molecule has 0 radical (unpaired) electrons. The number of allylic oxidation sites excluding steroid dienone is 4. The summed E-state index contributed by atoms with van der Waals surface area (Å²) in [6.07, 6.45) is 41.9. The van der Waals surface area contributed by atoms with Gasteiger partial charge in [-0.1, -0.05) is 157 Å². The van der Waals surface area contributed by atoms with Crippen LogP contribution in [0.3, 0.4) is 0 Å². The van der Waals surface area contributed by atoms with E-state index in [1.54, 1.807) is 6.92 Å². The number of hydrogen-bond donors (Lipinski definition) is 2. The fourth-order valence-electron chi connectivity index (χ4n) is 6.03. The third kappa shape index (κ3) is 30.4. The molecule has 0 spiro atoms. The van der Waals surface area contributed by atoms with E-state index in [0.29, 0.717) is 19.3 Å². The second kappa shape index (κ2) is 36.2. The fourth-order valence-corrected chi connectivity index (χ4v) is 6.41. The second-order valence-electron chi connectivity index (χ2n) is 14.7. The van der Waals surface area contributed by atoms with Gasteiger partial charge in [-0.25, -0.2) is 0 Å². The average Bonchev–Trinajstić information content (AvgIpc) is 3.07. The van der Waals surface area contributed by atoms with Crippen molar-refractivity contribution in [2.24, 2.45) is 0 Å². The summed E-state index contributed by atoms with van der Waals surface area (Å²) < 4.78 is 10.9. The quantitative estimate of drug-likeness (QED) is 0.0284. The van der Waals surface area contributed by atoms with Crippen LogP contribution in [0.2, 0.25) is 0 Å². The zero-order valence-electron chi connectivity index (χ0n) is 33.4. The maximum absolute atomic E-state index is 12.9. The molecule has 50 heavy (non-hydrogen) atoms. The molecule has 7 heteroatoms. The molecular weight excluding hydrogens is 690 g/mol. The minimum Gasteiger partial charge on any atom is -0.461 e. The number of alkyl halides is 1. The number of aliphatic hydroxyl groups is 1. The number of unbranched alkanes of at least 4 members (excludes halogenated alkanes) is 22. The summed E-state index contributed by atoms with van der Waals surface area (Å²) in [5, 5.41) is 9.64. The first-order valence-corrected chi connectivity index (χ1v) is 21.5. The minimum absolute atomic E-state index is 0. The van der Waals surface area contributed by atoms with Gasteiger partial charge in [-0.3, -0.25) is 9.59 Å². The molecular formula is C43H82BrNO5. The number of hydrogen-bond acceptors (Lipinski definition) is 6. The highest BCUT2D eigenvalue weighted by atomic mass is 79.9. The molecule has 0 fully saturated rings. The van der Waals surface area contributed by atoms with Crippen LogP contribution in [-0.2, 0) is 19.1 Å². The van der Waals surface area contributed by atoms with E-state index in [1.165, 1.54) is 116 Å². The van der Waals surface area contributed by atoms with Gasteiger partial charge in [0.15, 0.2) is 5.60 Å². The third-order valence-electron chi connectivity index (χ3n) is 9.82. The molecule has 0 aliphatic heterocycles. The van der Waals surface area contributed by atoms with Crippen LogP contribution >= 0.6 is 15.9 Å². The Balaban J connectivity index is 0. The van der Waals surface area contributed by atoms with Gasteiger partial charge in [0.25, 0.3) is 0 Å². The Morgan fingerprint density at radius 1 is 0.560 bits per heavy atom. The summed E-state index contributed by atoms with van der Waals surface area (Å²) >= 11 is 3.68. The van der Waals surface area contributed by atoms with Crippen molar-refractivity contribution in [1.82, 2.24) is 6.15 Å². The summed E-state index contributed by atoms with van der Waals surface area (Å²) in [6, 6.07) is 0. The summed E-state index contributed by atoms with van der Waals surface area (Å²) in [6.45, 7) is 8.11. The van der Waals surface area contributed by atoms with Crippen LogP contribution in [0.15, 0.2) is 24.3 Å². The maximum atomic E-state index is 12.9. The molecule has 6 nitrogen and oxygen atoms in total. The highest BCUT2D eigenvalue weighted by Crippen LogP contribution is 2.38. The lowest BCUT2D eigenvalue weighted by atomic mass is 9.88. The molecule has 0 aromatic heterocycles. The van der Waals surface area contributed by atoms with E-state index in [4.69, 9.17) is 9.47 Å². The first-order chi connectivity index (χ1) is 23.7. The molecule has 2 atom stereocenters. The molecule has 4 N–H and O–H groups in total. The molecule has 0 rings (SSSR count). The zero-order valence-corrected chi connectivity index (χ0v) is 35.0. The molecule has 296 valence electrons. The van der Waals surface area contributed by atoms with E-state index in [1.807, 2.05) is 6.92 Å². The van der Waals surface area contributed by atoms with Crippen molar-refractivity contribution in [3.63, 3.8) is 0 Å². The predicted molar refractivity (Wildman–Crippen MR) is 218 cm³/mol. The molecule has 0 aromatic rings. The van der Waals surface area contributed by atoms with Gasteiger partial charge in [0, 0.05) is 19.4 Å². The molecule has 0 aromatic carbocycles. The number of rotatable bonds is 36. The van der Waals surface area contributed by atoms with Gasteiger partial charge in [0.1, 0.15) is 6.61 Å². The molecule has 0 aliphatic carbocycles. The van der Waals surface area contributed by atoms with Crippen molar-refractivity contribution >= 4 is 27.9 Å². The van der Waals surface area contributed by atoms with E-state index in [0.717, 1.165) is 51.4 Å².